The van der Waals surface area contributed by atoms with E-state index in [1.807, 2.05) is 27.3 Å². The Morgan fingerprint density at radius 2 is 2.10 bits per heavy atom. The van der Waals surface area contributed by atoms with Crippen molar-refractivity contribution in [2.45, 2.75) is 51.2 Å². The zero-order valence-corrected chi connectivity index (χ0v) is 13.1. The van der Waals surface area contributed by atoms with Crippen LogP contribution in [-0.4, -0.2) is 24.7 Å². The first-order valence-electron chi connectivity index (χ1n) is 7.47. The lowest BCUT2D eigenvalue weighted by Crippen LogP contribution is -2.47. The number of anilines is 1. The van der Waals surface area contributed by atoms with Crippen LogP contribution < -0.4 is 11.1 Å². The normalized spacial score (nSPS) is 28.3. The molecule has 0 aliphatic heterocycles. The summed E-state index contributed by atoms with van der Waals surface area (Å²) in [5.74, 6) is 1.38. The first kappa shape index (κ1) is 15.3. The van der Waals surface area contributed by atoms with E-state index in [0.29, 0.717) is 5.82 Å². The van der Waals surface area contributed by atoms with E-state index in [0.717, 1.165) is 29.9 Å². The SMILES string of the molecule is CNC(c1cc(C)cnc1N)C1(OC)CCC(C)CC1. The number of aromatic nitrogens is 1. The van der Waals surface area contributed by atoms with Crippen molar-refractivity contribution in [3.63, 3.8) is 0 Å². The quantitative estimate of drug-likeness (QED) is 0.888. The molecule has 0 aromatic carbocycles. The predicted molar refractivity (Wildman–Crippen MR) is 82.6 cm³/mol. The fourth-order valence-corrected chi connectivity index (χ4v) is 3.40. The predicted octanol–water partition coefficient (Wildman–Crippen LogP) is 2.83. The number of hydrogen-bond donors (Lipinski definition) is 2. The summed E-state index contributed by atoms with van der Waals surface area (Å²) in [7, 11) is 3.80. The number of nitrogens with one attached hydrogen (secondary N) is 1. The molecule has 4 heteroatoms. The summed E-state index contributed by atoms with van der Waals surface area (Å²) in [4.78, 5) is 4.30. The average molecular weight is 277 g/mol. The van der Waals surface area contributed by atoms with E-state index in [1.165, 1.54) is 12.8 Å². The molecule has 1 aliphatic carbocycles. The highest BCUT2D eigenvalue weighted by molar-refractivity contribution is 5.44. The molecule has 0 bridgehead atoms. The first-order chi connectivity index (χ1) is 9.52. The molecule has 3 N–H and O–H groups in total. The second-order valence-corrected chi connectivity index (χ2v) is 6.16. The van der Waals surface area contributed by atoms with Crippen LogP contribution in [0.25, 0.3) is 0 Å². The molecule has 20 heavy (non-hydrogen) atoms. The van der Waals surface area contributed by atoms with Gasteiger partial charge in [-0.25, -0.2) is 4.98 Å². The van der Waals surface area contributed by atoms with Crippen molar-refractivity contribution in [3.05, 3.63) is 23.4 Å². The standard InChI is InChI=1S/C16H27N3O/c1-11-5-7-16(20-4,8-6-11)14(18-3)13-9-12(2)10-19-15(13)17/h9-11,14,18H,5-8H2,1-4H3,(H2,17,19). The Morgan fingerprint density at radius 1 is 1.45 bits per heavy atom. The summed E-state index contributed by atoms with van der Waals surface area (Å²) in [5, 5.41) is 3.42. The maximum Gasteiger partial charge on any atom is 0.128 e. The average Bonchev–Trinajstić information content (AvgIpc) is 2.45. The lowest BCUT2D eigenvalue weighted by Gasteiger charge is -2.44. The van der Waals surface area contributed by atoms with Gasteiger partial charge < -0.3 is 15.8 Å². The topological polar surface area (TPSA) is 60.2 Å². The van der Waals surface area contributed by atoms with E-state index >= 15 is 0 Å². The van der Waals surface area contributed by atoms with Crippen molar-refractivity contribution in [1.29, 1.82) is 0 Å². The van der Waals surface area contributed by atoms with Gasteiger partial charge in [-0.1, -0.05) is 6.92 Å². The Hall–Kier alpha value is -1.13. The lowest BCUT2D eigenvalue weighted by molar-refractivity contribution is -0.0744. The summed E-state index contributed by atoms with van der Waals surface area (Å²) in [6, 6.07) is 2.22. The number of pyridine rings is 1. The highest BCUT2D eigenvalue weighted by atomic mass is 16.5. The Labute approximate surface area is 122 Å². The van der Waals surface area contributed by atoms with Crippen LogP contribution in [-0.2, 0) is 4.74 Å². The van der Waals surface area contributed by atoms with Crippen molar-refractivity contribution >= 4 is 5.82 Å². The molecule has 2 rings (SSSR count). The van der Waals surface area contributed by atoms with Gasteiger partial charge >= 0.3 is 0 Å². The van der Waals surface area contributed by atoms with Crippen molar-refractivity contribution in [3.8, 4) is 0 Å². The van der Waals surface area contributed by atoms with Gasteiger partial charge in [0.05, 0.1) is 11.6 Å². The minimum atomic E-state index is -0.176. The van der Waals surface area contributed by atoms with Gasteiger partial charge in [-0.05, 0) is 57.2 Å². The summed E-state index contributed by atoms with van der Waals surface area (Å²) in [5.41, 5.74) is 8.12. The molecule has 1 aromatic heterocycles. The number of nitrogens with two attached hydrogens (primary N) is 1. The number of likely N-dealkylation sites (N-methyl/N-ethyl adjacent to an activating group) is 1. The van der Waals surface area contributed by atoms with Crippen LogP contribution in [0.3, 0.4) is 0 Å². The van der Waals surface area contributed by atoms with Crippen LogP contribution in [0.5, 0.6) is 0 Å². The molecular weight excluding hydrogens is 250 g/mol. The zero-order chi connectivity index (χ0) is 14.8. The highest BCUT2D eigenvalue weighted by Crippen LogP contribution is 2.43. The second-order valence-electron chi connectivity index (χ2n) is 6.16. The molecule has 0 amide bonds. The van der Waals surface area contributed by atoms with Crippen LogP contribution in [0.15, 0.2) is 12.3 Å². The fourth-order valence-electron chi connectivity index (χ4n) is 3.40. The molecule has 1 saturated carbocycles. The Bertz CT molecular complexity index is 453. The Kier molecular flexibility index (Phi) is 4.66. The van der Waals surface area contributed by atoms with E-state index in [1.54, 1.807) is 0 Å². The van der Waals surface area contributed by atoms with Gasteiger partial charge in [-0.2, -0.15) is 0 Å². The molecule has 1 heterocycles. The van der Waals surface area contributed by atoms with Crippen LogP contribution >= 0.6 is 0 Å². The Morgan fingerprint density at radius 3 is 2.65 bits per heavy atom. The van der Waals surface area contributed by atoms with Crippen LogP contribution in [0.2, 0.25) is 0 Å². The third-order valence-corrected chi connectivity index (χ3v) is 4.74. The molecule has 0 spiro atoms. The molecule has 1 atom stereocenters. The van der Waals surface area contributed by atoms with Gasteiger partial charge in [0.1, 0.15) is 5.82 Å². The third-order valence-electron chi connectivity index (χ3n) is 4.74. The number of hydrogen-bond acceptors (Lipinski definition) is 4. The summed E-state index contributed by atoms with van der Waals surface area (Å²) >= 11 is 0. The maximum absolute atomic E-state index is 6.11. The minimum Gasteiger partial charge on any atom is -0.383 e. The maximum atomic E-state index is 6.11. The summed E-state index contributed by atoms with van der Waals surface area (Å²) in [6.07, 6.45) is 6.33. The monoisotopic (exact) mass is 277 g/mol. The number of ether oxygens (including phenoxy) is 1. The Balaban J connectivity index is 2.36. The van der Waals surface area contributed by atoms with Crippen molar-refractivity contribution in [1.82, 2.24) is 10.3 Å². The van der Waals surface area contributed by atoms with Crippen molar-refractivity contribution in [2.24, 2.45) is 5.92 Å². The number of rotatable bonds is 4. The number of aryl methyl sites for hydroxylation is 1. The van der Waals surface area contributed by atoms with Gasteiger partial charge in [-0.3, -0.25) is 0 Å². The molecule has 0 radical (unpaired) electrons. The molecule has 1 fully saturated rings. The van der Waals surface area contributed by atoms with Crippen LogP contribution in [0, 0.1) is 12.8 Å². The van der Waals surface area contributed by atoms with E-state index in [4.69, 9.17) is 10.5 Å². The second kappa shape index (κ2) is 6.10. The highest BCUT2D eigenvalue weighted by Gasteiger charge is 2.42. The number of nitrogens with zero attached hydrogens (tertiary/aromatic N) is 1. The molecular formula is C16H27N3O. The molecule has 1 aromatic rings. The molecule has 4 nitrogen and oxygen atoms in total. The largest absolute Gasteiger partial charge is 0.383 e. The van der Waals surface area contributed by atoms with Crippen LogP contribution in [0.1, 0.15) is 49.8 Å². The van der Waals surface area contributed by atoms with Crippen molar-refractivity contribution < 1.29 is 4.74 Å². The van der Waals surface area contributed by atoms with E-state index < -0.39 is 0 Å². The third kappa shape index (κ3) is 2.81. The van der Waals surface area contributed by atoms with E-state index in [2.05, 4.69) is 23.3 Å². The fraction of sp³-hybridized carbons (Fsp3) is 0.688. The van der Waals surface area contributed by atoms with Gasteiger partial charge in [-0.15, -0.1) is 0 Å². The number of methoxy groups -OCH3 is 1. The summed E-state index contributed by atoms with van der Waals surface area (Å²) < 4.78 is 5.98. The first-order valence-corrected chi connectivity index (χ1v) is 7.47. The lowest BCUT2D eigenvalue weighted by atomic mass is 9.73. The zero-order valence-electron chi connectivity index (χ0n) is 13.1. The van der Waals surface area contributed by atoms with Gasteiger partial charge in [0.15, 0.2) is 0 Å². The van der Waals surface area contributed by atoms with Gasteiger partial charge in [0.25, 0.3) is 0 Å². The molecule has 0 saturated heterocycles. The number of nitrogen functional groups attached to an aromatic ring is 1. The van der Waals surface area contributed by atoms with Crippen molar-refractivity contribution in [2.75, 3.05) is 19.9 Å². The molecule has 1 unspecified atom stereocenters. The van der Waals surface area contributed by atoms with Gasteiger partial charge in [0.2, 0.25) is 0 Å². The smallest absolute Gasteiger partial charge is 0.128 e. The van der Waals surface area contributed by atoms with E-state index in [-0.39, 0.29) is 11.6 Å². The molecule has 1 aliphatic rings. The van der Waals surface area contributed by atoms with Crippen LogP contribution in [0.4, 0.5) is 5.82 Å². The van der Waals surface area contributed by atoms with Gasteiger partial charge in [0, 0.05) is 18.9 Å². The van der Waals surface area contributed by atoms with E-state index in [9.17, 15) is 0 Å². The minimum absolute atomic E-state index is 0.0902. The summed E-state index contributed by atoms with van der Waals surface area (Å²) in [6.45, 7) is 4.36. The molecule has 112 valence electrons.